The third-order valence-electron chi connectivity index (χ3n) is 2.02. The average Bonchev–Trinajstić information content (AvgIpc) is 2.27. The van der Waals surface area contributed by atoms with Gasteiger partial charge in [-0.1, -0.05) is 6.07 Å². The Bertz CT molecular complexity index is 540. The maximum Gasteiger partial charge on any atom is 0.338 e. The minimum absolute atomic E-state index is 0.217. The topological polar surface area (TPSA) is 84.5 Å². The summed E-state index contributed by atoms with van der Waals surface area (Å²) in [6, 6.07) is 5.91. The van der Waals surface area contributed by atoms with Gasteiger partial charge in [0.25, 0.3) is 10.2 Å². The molecular formula is C12H18N2O4S. The zero-order valence-electron chi connectivity index (χ0n) is 11.1. The summed E-state index contributed by atoms with van der Waals surface area (Å²) >= 11 is 0. The monoisotopic (exact) mass is 286 g/mol. The van der Waals surface area contributed by atoms with Crippen LogP contribution in [-0.2, 0) is 14.9 Å². The van der Waals surface area contributed by atoms with Gasteiger partial charge in [0.05, 0.1) is 17.9 Å². The number of carbonyl (C=O) groups excluding carboxylic acids is 1. The van der Waals surface area contributed by atoms with E-state index in [1.165, 1.54) is 6.07 Å². The Morgan fingerprint density at radius 2 is 2.05 bits per heavy atom. The van der Waals surface area contributed by atoms with E-state index >= 15 is 0 Å². The smallest absolute Gasteiger partial charge is 0.338 e. The molecule has 7 heteroatoms. The van der Waals surface area contributed by atoms with E-state index in [1.807, 2.05) is 0 Å². The fraction of sp³-hybridized carbons (Fsp3) is 0.417. The Morgan fingerprint density at radius 3 is 2.63 bits per heavy atom. The summed E-state index contributed by atoms with van der Waals surface area (Å²) in [5, 5.41) is 0. The summed E-state index contributed by atoms with van der Waals surface area (Å²) in [5.74, 6) is -0.486. The minimum Gasteiger partial charge on any atom is -0.462 e. The lowest BCUT2D eigenvalue weighted by Crippen LogP contribution is -2.35. The molecule has 0 atom stereocenters. The van der Waals surface area contributed by atoms with Crippen LogP contribution in [0.4, 0.5) is 5.69 Å². The SMILES string of the molecule is CCOC(=O)c1cccc(NS(=O)(=O)NC(C)C)c1. The van der Waals surface area contributed by atoms with Crippen molar-refractivity contribution in [2.45, 2.75) is 26.8 Å². The maximum absolute atomic E-state index is 11.7. The third kappa shape index (κ3) is 5.27. The Morgan fingerprint density at radius 1 is 1.37 bits per heavy atom. The predicted octanol–water partition coefficient (Wildman–Crippen LogP) is 1.52. The van der Waals surface area contributed by atoms with Crippen molar-refractivity contribution in [1.29, 1.82) is 0 Å². The third-order valence-corrected chi connectivity index (χ3v) is 3.30. The van der Waals surface area contributed by atoms with Crippen LogP contribution in [-0.4, -0.2) is 27.0 Å². The van der Waals surface area contributed by atoms with Crippen molar-refractivity contribution in [3.8, 4) is 0 Å². The van der Waals surface area contributed by atoms with Crippen LogP contribution in [0.1, 0.15) is 31.1 Å². The molecule has 6 nitrogen and oxygen atoms in total. The fourth-order valence-corrected chi connectivity index (χ4v) is 2.54. The Labute approximate surface area is 113 Å². The molecule has 0 spiro atoms. The van der Waals surface area contributed by atoms with Crippen LogP contribution in [0.25, 0.3) is 0 Å². The first-order chi connectivity index (χ1) is 8.84. The number of ether oxygens (including phenoxy) is 1. The zero-order chi connectivity index (χ0) is 14.5. The molecule has 106 valence electrons. The van der Waals surface area contributed by atoms with Crippen molar-refractivity contribution in [3.63, 3.8) is 0 Å². The molecule has 19 heavy (non-hydrogen) atoms. The van der Waals surface area contributed by atoms with E-state index in [9.17, 15) is 13.2 Å². The van der Waals surface area contributed by atoms with Crippen LogP contribution in [0, 0.1) is 0 Å². The van der Waals surface area contributed by atoms with E-state index in [0.29, 0.717) is 11.3 Å². The molecule has 0 saturated heterocycles. The highest BCUT2D eigenvalue weighted by molar-refractivity contribution is 7.90. The molecule has 2 N–H and O–H groups in total. The molecule has 0 radical (unpaired) electrons. The van der Waals surface area contributed by atoms with Crippen LogP contribution < -0.4 is 9.44 Å². The summed E-state index contributed by atoms with van der Waals surface area (Å²) in [7, 11) is -3.64. The Balaban J connectivity index is 2.86. The Kier molecular flexibility index (Phi) is 5.31. The van der Waals surface area contributed by atoms with Gasteiger partial charge in [-0.25, -0.2) is 4.79 Å². The number of nitrogens with one attached hydrogen (secondary N) is 2. The van der Waals surface area contributed by atoms with Gasteiger partial charge in [0.15, 0.2) is 0 Å². The lowest BCUT2D eigenvalue weighted by molar-refractivity contribution is 0.0526. The first kappa shape index (κ1) is 15.5. The Hall–Kier alpha value is -1.60. The first-order valence-corrected chi connectivity index (χ1v) is 7.39. The van der Waals surface area contributed by atoms with Gasteiger partial charge >= 0.3 is 5.97 Å². The second-order valence-corrected chi connectivity index (χ2v) is 5.63. The summed E-state index contributed by atoms with van der Waals surface area (Å²) in [6.45, 7) is 5.41. The molecule has 0 aliphatic carbocycles. The molecule has 1 aromatic carbocycles. The summed E-state index contributed by atoms with van der Waals surface area (Å²) < 4.78 is 32.9. The molecule has 0 aliphatic rings. The quantitative estimate of drug-likeness (QED) is 0.776. The van der Waals surface area contributed by atoms with Crippen LogP contribution in [0.5, 0.6) is 0 Å². The minimum atomic E-state index is -3.64. The van der Waals surface area contributed by atoms with Gasteiger partial charge in [-0.15, -0.1) is 0 Å². The molecule has 0 heterocycles. The lowest BCUT2D eigenvalue weighted by atomic mass is 10.2. The highest BCUT2D eigenvalue weighted by atomic mass is 32.2. The van der Waals surface area contributed by atoms with E-state index < -0.39 is 16.2 Å². The molecule has 0 fully saturated rings. The predicted molar refractivity (Wildman–Crippen MR) is 73.2 cm³/mol. The van der Waals surface area contributed by atoms with Gasteiger partial charge < -0.3 is 4.74 Å². The first-order valence-electron chi connectivity index (χ1n) is 5.91. The fourth-order valence-electron chi connectivity index (χ4n) is 1.42. The number of esters is 1. The maximum atomic E-state index is 11.7. The molecule has 0 saturated carbocycles. The van der Waals surface area contributed by atoms with Gasteiger partial charge in [0.1, 0.15) is 0 Å². The van der Waals surface area contributed by atoms with Crippen molar-refractivity contribution >= 4 is 21.9 Å². The second kappa shape index (κ2) is 6.53. The van der Waals surface area contributed by atoms with Crippen molar-refractivity contribution in [1.82, 2.24) is 4.72 Å². The van der Waals surface area contributed by atoms with Crippen molar-refractivity contribution < 1.29 is 17.9 Å². The van der Waals surface area contributed by atoms with Gasteiger partial charge in [0.2, 0.25) is 0 Å². The van der Waals surface area contributed by atoms with Crippen LogP contribution in [0.3, 0.4) is 0 Å². The van der Waals surface area contributed by atoms with Crippen LogP contribution >= 0.6 is 0 Å². The zero-order valence-corrected chi connectivity index (χ0v) is 12.0. The van der Waals surface area contributed by atoms with E-state index in [2.05, 4.69) is 9.44 Å². The highest BCUT2D eigenvalue weighted by Crippen LogP contribution is 2.13. The van der Waals surface area contributed by atoms with Gasteiger partial charge in [-0.3, -0.25) is 4.72 Å². The average molecular weight is 286 g/mol. The summed E-state index contributed by atoms with van der Waals surface area (Å²) in [6.07, 6.45) is 0. The molecule has 0 aliphatic heterocycles. The molecule has 0 amide bonds. The summed E-state index contributed by atoms with van der Waals surface area (Å²) in [4.78, 5) is 11.5. The number of hydrogen-bond acceptors (Lipinski definition) is 4. The molecule has 1 rings (SSSR count). The van der Waals surface area contributed by atoms with Crippen molar-refractivity contribution in [3.05, 3.63) is 29.8 Å². The van der Waals surface area contributed by atoms with Crippen LogP contribution in [0.15, 0.2) is 24.3 Å². The van der Waals surface area contributed by atoms with Gasteiger partial charge in [-0.2, -0.15) is 13.1 Å². The van der Waals surface area contributed by atoms with Gasteiger partial charge in [-0.05, 0) is 39.0 Å². The standard InChI is InChI=1S/C12H18N2O4S/c1-4-18-12(15)10-6-5-7-11(8-10)14-19(16,17)13-9(2)3/h5-9,13-14H,4H2,1-3H3. The molecule has 0 unspecified atom stereocenters. The number of hydrogen-bond donors (Lipinski definition) is 2. The molecule has 0 aromatic heterocycles. The molecule has 0 bridgehead atoms. The van der Waals surface area contributed by atoms with Crippen molar-refractivity contribution in [2.24, 2.45) is 0 Å². The highest BCUT2D eigenvalue weighted by Gasteiger charge is 2.13. The molecular weight excluding hydrogens is 268 g/mol. The van der Waals surface area contributed by atoms with E-state index in [0.717, 1.165) is 0 Å². The van der Waals surface area contributed by atoms with E-state index in [4.69, 9.17) is 4.74 Å². The lowest BCUT2D eigenvalue weighted by Gasteiger charge is -2.12. The number of benzene rings is 1. The second-order valence-electron chi connectivity index (χ2n) is 4.18. The normalized spacial score (nSPS) is 11.4. The van der Waals surface area contributed by atoms with E-state index in [1.54, 1.807) is 39.0 Å². The number of anilines is 1. The number of carbonyl (C=O) groups is 1. The summed E-state index contributed by atoms with van der Waals surface area (Å²) in [5.41, 5.74) is 0.602. The van der Waals surface area contributed by atoms with Crippen LogP contribution in [0.2, 0.25) is 0 Å². The van der Waals surface area contributed by atoms with Gasteiger partial charge in [0, 0.05) is 6.04 Å². The number of rotatable bonds is 6. The largest absolute Gasteiger partial charge is 0.462 e. The van der Waals surface area contributed by atoms with E-state index in [-0.39, 0.29) is 12.6 Å². The molecule has 1 aromatic rings. The van der Waals surface area contributed by atoms with Crippen molar-refractivity contribution in [2.75, 3.05) is 11.3 Å².